The standard InChI is InChI=1S/C22H20N2O4S/c1-24(14-13-16-7-3-2-4-8-16)29(26,27)17-11-12-20-18(15-17)22(25)23-19-9-5-6-10-21(19)28-20/h2-12,15H,13-14H2,1H3,(H,23,25). The first-order valence-corrected chi connectivity index (χ1v) is 10.6. The van der Waals surface area contributed by atoms with Crippen molar-refractivity contribution in [3.05, 3.63) is 83.9 Å². The predicted molar refractivity (Wildman–Crippen MR) is 111 cm³/mol. The van der Waals surface area contributed by atoms with Gasteiger partial charge in [-0.25, -0.2) is 12.7 Å². The second-order valence-corrected chi connectivity index (χ2v) is 8.82. The van der Waals surface area contributed by atoms with Gasteiger partial charge in [-0.15, -0.1) is 0 Å². The Bertz CT molecular complexity index is 1160. The number of anilines is 1. The number of sulfonamides is 1. The summed E-state index contributed by atoms with van der Waals surface area (Å²) >= 11 is 0. The van der Waals surface area contributed by atoms with Crippen LogP contribution in [0.2, 0.25) is 0 Å². The van der Waals surface area contributed by atoms with Crippen molar-refractivity contribution >= 4 is 21.6 Å². The number of para-hydroxylation sites is 2. The zero-order chi connectivity index (χ0) is 20.4. The first-order chi connectivity index (χ1) is 13.9. The molecule has 0 atom stereocenters. The molecule has 1 aliphatic heterocycles. The molecule has 0 saturated heterocycles. The summed E-state index contributed by atoms with van der Waals surface area (Å²) in [5, 5.41) is 2.76. The van der Waals surface area contributed by atoms with Gasteiger partial charge in [-0.3, -0.25) is 4.79 Å². The van der Waals surface area contributed by atoms with Gasteiger partial charge in [-0.2, -0.15) is 0 Å². The molecule has 148 valence electrons. The zero-order valence-electron chi connectivity index (χ0n) is 15.8. The molecule has 0 bridgehead atoms. The second kappa shape index (κ2) is 7.69. The highest BCUT2D eigenvalue weighted by Gasteiger charge is 2.26. The van der Waals surface area contributed by atoms with E-state index in [4.69, 9.17) is 4.74 Å². The van der Waals surface area contributed by atoms with Gasteiger partial charge in [0, 0.05) is 13.6 Å². The summed E-state index contributed by atoms with van der Waals surface area (Å²) in [7, 11) is -2.21. The number of likely N-dealkylation sites (N-methyl/N-ethyl adjacent to an activating group) is 1. The van der Waals surface area contributed by atoms with Gasteiger partial charge in [-0.05, 0) is 42.3 Å². The Labute approximate surface area is 169 Å². The van der Waals surface area contributed by atoms with Crippen LogP contribution >= 0.6 is 0 Å². The van der Waals surface area contributed by atoms with Crippen molar-refractivity contribution in [2.24, 2.45) is 0 Å². The molecule has 0 radical (unpaired) electrons. The van der Waals surface area contributed by atoms with E-state index in [0.717, 1.165) is 5.56 Å². The molecular weight excluding hydrogens is 388 g/mol. The molecule has 0 aromatic heterocycles. The summed E-state index contributed by atoms with van der Waals surface area (Å²) < 4.78 is 33.1. The molecule has 6 nitrogen and oxygen atoms in total. The van der Waals surface area contributed by atoms with E-state index >= 15 is 0 Å². The molecule has 0 saturated carbocycles. The minimum atomic E-state index is -3.75. The van der Waals surface area contributed by atoms with Gasteiger partial charge in [0.05, 0.1) is 16.1 Å². The molecule has 1 amide bonds. The Hall–Kier alpha value is -3.16. The summed E-state index contributed by atoms with van der Waals surface area (Å²) in [6.07, 6.45) is 0.598. The molecule has 3 aromatic rings. The summed E-state index contributed by atoms with van der Waals surface area (Å²) in [5.74, 6) is 0.419. The predicted octanol–water partition coefficient (Wildman–Crippen LogP) is 3.91. The second-order valence-electron chi connectivity index (χ2n) is 6.77. The van der Waals surface area contributed by atoms with E-state index in [1.54, 1.807) is 24.3 Å². The molecule has 0 spiro atoms. The number of carbonyl (C=O) groups excluding carboxylic acids is 1. The number of ether oxygens (including phenoxy) is 1. The van der Waals surface area contributed by atoms with Gasteiger partial charge in [0.1, 0.15) is 5.75 Å². The molecule has 1 heterocycles. The fraction of sp³-hybridized carbons (Fsp3) is 0.136. The third-order valence-corrected chi connectivity index (χ3v) is 6.67. The average molecular weight is 408 g/mol. The molecule has 1 N–H and O–H groups in total. The van der Waals surface area contributed by atoms with Crippen molar-refractivity contribution in [2.75, 3.05) is 18.9 Å². The number of benzene rings is 3. The Balaban J connectivity index is 1.59. The molecular formula is C22H20N2O4S. The van der Waals surface area contributed by atoms with Gasteiger partial charge < -0.3 is 10.1 Å². The normalized spacial score (nSPS) is 13.1. The largest absolute Gasteiger partial charge is 0.454 e. The minimum absolute atomic E-state index is 0.0523. The van der Waals surface area contributed by atoms with E-state index in [0.29, 0.717) is 30.2 Å². The first kappa shape index (κ1) is 19.2. The topological polar surface area (TPSA) is 75.7 Å². The lowest BCUT2D eigenvalue weighted by molar-refractivity contribution is 0.102. The first-order valence-electron chi connectivity index (χ1n) is 9.18. The monoisotopic (exact) mass is 408 g/mol. The highest BCUT2D eigenvalue weighted by atomic mass is 32.2. The van der Waals surface area contributed by atoms with Gasteiger partial charge in [0.2, 0.25) is 10.0 Å². The molecule has 0 fully saturated rings. The maximum Gasteiger partial charge on any atom is 0.259 e. The van der Waals surface area contributed by atoms with E-state index in [-0.39, 0.29) is 10.5 Å². The van der Waals surface area contributed by atoms with E-state index < -0.39 is 15.9 Å². The van der Waals surface area contributed by atoms with Crippen LogP contribution < -0.4 is 10.1 Å². The van der Waals surface area contributed by atoms with E-state index in [2.05, 4.69) is 5.32 Å². The SMILES string of the molecule is CN(CCc1ccccc1)S(=O)(=O)c1ccc2c(c1)C(=O)Nc1ccccc1O2. The molecule has 4 rings (SSSR count). The maximum atomic E-state index is 13.0. The molecule has 0 unspecified atom stereocenters. The summed E-state index contributed by atoms with van der Waals surface area (Å²) in [4.78, 5) is 12.7. The van der Waals surface area contributed by atoms with Crippen LogP contribution in [-0.2, 0) is 16.4 Å². The van der Waals surface area contributed by atoms with Crippen LogP contribution in [0.25, 0.3) is 0 Å². The van der Waals surface area contributed by atoms with Crippen molar-refractivity contribution < 1.29 is 17.9 Å². The lowest BCUT2D eigenvalue weighted by atomic mass is 10.2. The molecule has 0 aliphatic carbocycles. The fourth-order valence-electron chi connectivity index (χ4n) is 3.13. The maximum absolute atomic E-state index is 13.0. The number of nitrogens with zero attached hydrogens (tertiary/aromatic N) is 1. The van der Waals surface area contributed by atoms with Crippen molar-refractivity contribution in [3.63, 3.8) is 0 Å². The Kier molecular flexibility index (Phi) is 5.08. The number of nitrogens with one attached hydrogen (secondary N) is 1. The third kappa shape index (κ3) is 3.87. The van der Waals surface area contributed by atoms with E-state index in [9.17, 15) is 13.2 Å². The lowest BCUT2D eigenvalue weighted by Crippen LogP contribution is -2.29. The van der Waals surface area contributed by atoms with Crippen LogP contribution in [0.1, 0.15) is 15.9 Å². The molecule has 7 heteroatoms. The Morgan fingerprint density at radius 1 is 0.931 bits per heavy atom. The number of amides is 1. The third-order valence-electron chi connectivity index (χ3n) is 4.82. The quantitative estimate of drug-likeness (QED) is 0.695. The smallest absolute Gasteiger partial charge is 0.259 e. The Morgan fingerprint density at radius 2 is 1.66 bits per heavy atom. The van der Waals surface area contributed by atoms with Crippen LogP contribution in [0.5, 0.6) is 11.5 Å². The van der Waals surface area contributed by atoms with Crippen LogP contribution in [0.4, 0.5) is 5.69 Å². The van der Waals surface area contributed by atoms with Crippen molar-refractivity contribution in [1.29, 1.82) is 0 Å². The van der Waals surface area contributed by atoms with Crippen molar-refractivity contribution in [3.8, 4) is 11.5 Å². The van der Waals surface area contributed by atoms with E-state index in [1.165, 1.54) is 29.6 Å². The number of hydrogen-bond acceptors (Lipinski definition) is 4. The molecule has 29 heavy (non-hydrogen) atoms. The van der Waals surface area contributed by atoms with Crippen LogP contribution in [0.3, 0.4) is 0 Å². The van der Waals surface area contributed by atoms with Gasteiger partial charge in [-0.1, -0.05) is 42.5 Å². The zero-order valence-corrected chi connectivity index (χ0v) is 16.6. The Morgan fingerprint density at radius 3 is 2.45 bits per heavy atom. The lowest BCUT2D eigenvalue weighted by Gasteiger charge is -2.18. The number of rotatable bonds is 5. The number of fused-ring (bicyclic) bond motifs is 2. The van der Waals surface area contributed by atoms with Gasteiger partial charge in [0.15, 0.2) is 5.75 Å². The van der Waals surface area contributed by atoms with Crippen LogP contribution in [-0.4, -0.2) is 32.2 Å². The fourth-order valence-corrected chi connectivity index (χ4v) is 4.33. The summed E-state index contributed by atoms with van der Waals surface area (Å²) in [5.41, 5.74) is 1.78. The average Bonchev–Trinajstić information content (AvgIpc) is 2.88. The summed E-state index contributed by atoms with van der Waals surface area (Å²) in [6, 6.07) is 21.1. The van der Waals surface area contributed by atoms with Crippen molar-refractivity contribution in [2.45, 2.75) is 11.3 Å². The number of hydrogen-bond donors (Lipinski definition) is 1. The summed E-state index contributed by atoms with van der Waals surface area (Å²) in [6.45, 7) is 0.331. The number of carbonyl (C=O) groups is 1. The van der Waals surface area contributed by atoms with Crippen LogP contribution in [0.15, 0.2) is 77.7 Å². The highest BCUT2D eigenvalue weighted by Crippen LogP contribution is 2.36. The molecule has 3 aromatic carbocycles. The van der Waals surface area contributed by atoms with E-state index in [1.807, 2.05) is 30.3 Å². The van der Waals surface area contributed by atoms with Crippen molar-refractivity contribution in [1.82, 2.24) is 4.31 Å². The molecule has 1 aliphatic rings. The van der Waals surface area contributed by atoms with Gasteiger partial charge >= 0.3 is 0 Å². The van der Waals surface area contributed by atoms with Crippen LogP contribution in [0, 0.1) is 0 Å². The minimum Gasteiger partial charge on any atom is -0.454 e. The highest BCUT2D eigenvalue weighted by molar-refractivity contribution is 7.89. The van der Waals surface area contributed by atoms with Gasteiger partial charge in [0.25, 0.3) is 5.91 Å².